The number of carbonyl (C=O) groups excluding carboxylic acids is 1. The number of hydrogen-bond donors (Lipinski definition) is 1. The van der Waals surface area contributed by atoms with Gasteiger partial charge in [-0.15, -0.1) is 0 Å². The van der Waals surface area contributed by atoms with Crippen LogP contribution in [0.5, 0.6) is 5.75 Å². The molecule has 0 aliphatic rings. The van der Waals surface area contributed by atoms with E-state index in [4.69, 9.17) is 4.42 Å². The molecular formula is C17H18F3NO5S. The molecule has 1 aromatic carbocycles. The second-order valence-electron chi connectivity index (χ2n) is 5.94. The molecule has 0 spiro atoms. The lowest BCUT2D eigenvalue weighted by molar-refractivity contribution is -0.122. The summed E-state index contributed by atoms with van der Waals surface area (Å²) < 4.78 is 68.2. The third-order valence-electron chi connectivity index (χ3n) is 3.87. The first-order valence-electron chi connectivity index (χ1n) is 7.93. The SMILES string of the molecule is CC(CNC(=O)C(C)c1ccc(OS(=O)(=O)C(F)(F)F)cc1)c1ccco1. The molecule has 27 heavy (non-hydrogen) atoms. The van der Waals surface area contributed by atoms with Crippen molar-refractivity contribution in [2.24, 2.45) is 0 Å². The zero-order valence-electron chi connectivity index (χ0n) is 14.5. The van der Waals surface area contributed by atoms with Gasteiger partial charge in [0.25, 0.3) is 0 Å². The Labute approximate surface area is 154 Å². The molecule has 1 aromatic heterocycles. The first-order valence-corrected chi connectivity index (χ1v) is 9.34. The summed E-state index contributed by atoms with van der Waals surface area (Å²) in [6, 6.07) is 8.34. The van der Waals surface area contributed by atoms with Gasteiger partial charge in [-0.25, -0.2) is 0 Å². The molecule has 10 heteroatoms. The molecule has 1 amide bonds. The van der Waals surface area contributed by atoms with E-state index in [1.54, 1.807) is 25.3 Å². The van der Waals surface area contributed by atoms with E-state index in [1.165, 1.54) is 12.1 Å². The molecule has 2 atom stereocenters. The number of amides is 1. The number of carbonyl (C=O) groups is 1. The number of alkyl halides is 3. The molecule has 6 nitrogen and oxygen atoms in total. The summed E-state index contributed by atoms with van der Waals surface area (Å²) in [6.07, 6.45) is 1.54. The van der Waals surface area contributed by atoms with Crippen molar-refractivity contribution in [2.45, 2.75) is 31.2 Å². The Morgan fingerprint density at radius 2 is 1.81 bits per heavy atom. The molecule has 0 bridgehead atoms. The molecule has 148 valence electrons. The Morgan fingerprint density at radius 1 is 1.19 bits per heavy atom. The fourth-order valence-corrected chi connectivity index (χ4v) is 2.68. The lowest BCUT2D eigenvalue weighted by Crippen LogP contribution is -2.31. The van der Waals surface area contributed by atoms with E-state index in [1.807, 2.05) is 6.92 Å². The van der Waals surface area contributed by atoms with Gasteiger partial charge in [0.1, 0.15) is 11.5 Å². The highest BCUT2D eigenvalue weighted by molar-refractivity contribution is 7.88. The Kier molecular flexibility index (Phi) is 6.19. The minimum atomic E-state index is -5.73. The Bertz CT molecular complexity index is 861. The third kappa shape index (κ3) is 5.25. The summed E-state index contributed by atoms with van der Waals surface area (Å²) >= 11 is 0. The third-order valence-corrected chi connectivity index (χ3v) is 4.85. The molecule has 2 aromatic rings. The van der Waals surface area contributed by atoms with Gasteiger partial charge in [0.2, 0.25) is 5.91 Å². The van der Waals surface area contributed by atoms with E-state index in [-0.39, 0.29) is 11.8 Å². The number of rotatable bonds is 7. The predicted octanol–water partition coefficient (Wildman–Crippen LogP) is 3.53. The van der Waals surface area contributed by atoms with Crippen LogP contribution in [0.1, 0.15) is 37.0 Å². The van der Waals surface area contributed by atoms with Crippen LogP contribution in [0.2, 0.25) is 0 Å². The standard InChI is InChI=1S/C17H18F3NO5S/c1-11(15-4-3-9-25-15)10-21-16(22)12(2)13-5-7-14(8-6-13)26-27(23,24)17(18,19)20/h3-9,11-12H,10H2,1-2H3,(H,21,22). The Balaban J connectivity index is 1.96. The van der Waals surface area contributed by atoms with Crippen LogP contribution in [0.25, 0.3) is 0 Å². The van der Waals surface area contributed by atoms with Crippen LogP contribution in [0.4, 0.5) is 13.2 Å². The highest BCUT2D eigenvalue weighted by atomic mass is 32.2. The van der Waals surface area contributed by atoms with Gasteiger partial charge in [-0.3, -0.25) is 4.79 Å². The second kappa shape index (κ2) is 8.03. The van der Waals surface area contributed by atoms with Crippen molar-refractivity contribution < 1.29 is 35.0 Å². The van der Waals surface area contributed by atoms with Crippen LogP contribution in [0, 0.1) is 0 Å². The van der Waals surface area contributed by atoms with Gasteiger partial charge >= 0.3 is 15.6 Å². The molecule has 2 rings (SSSR count). The van der Waals surface area contributed by atoms with Crippen LogP contribution in [-0.2, 0) is 14.9 Å². The summed E-state index contributed by atoms with van der Waals surface area (Å²) in [6.45, 7) is 3.86. The van der Waals surface area contributed by atoms with Crippen molar-refractivity contribution in [3.05, 3.63) is 54.0 Å². The minimum absolute atomic E-state index is 0.0282. The Morgan fingerprint density at radius 3 is 2.33 bits per heavy atom. The quantitative estimate of drug-likeness (QED) is 0.563. The number of hydrogen-bond acceptors (Lipinski definition) is 5. The molecule has 0 fully saturated rings. The highest BCUT2D eigenvalue weighted by Gasteiger charge is 2.48. The molecule has 1 heterocycles. The molecule has 0 saturated carbocycles. The van der Waals surface area contributed by atoms with E-state index < -0.39 is 27.3 Å². The topological polar surface area (TPSA) is 85.6 Å². The van der Waals surface area contributed by atoms with Crippen molar-refractivity contribution in [2.75, 3.05) is 6.54 Å². The fraction of sp³-hybridized carbons (Fsp3) is 0.353. The number of nitrogens with one attached hydrogen (secondary N) is 1. The van der Waals surface area contributed by atoms with Crippen LogP contribution < -0.4 is 9.50 Å². The van der Waals surface area contributed by atoms with Gasteiger partial charge in [-0.05, 0) is 36.8 Å². The molecule has 0 saturated heterocycles. The lowest BCUT2D eigenvalue weighted by Gasteiger charge is -2.15. The summed E-state index contributed by atoms with van der Waals surface area (Å²) in [5, 5.41) is 2.77. The number of halogens is 3. The monoisotopic (exact) mass is 405 g/mol. The van der Waals surface area contributed by atoms with Crippen molar-refractivity contribution >= 4 is 16.0 Å². The average molecular weight is 405 g/mol. The molecule has 0 aliphatic heterocycles. The Hall–Kier alpha value is -2.49. The summed E-state index contributed by atoms with van der Waals surface area (Å²) in [7, 11) is -5.73. The van der Waals surface area contributed by atoms with Crippen molar-refractivity contribution in [3.8, 4) is 5.75 Å². The summed E-state index contributed by atoms with van der Waals surface area (Å²) in [4.78, 5) is 12.2. The molecule has 2 unspecified atom stereocenters. The fourth-order valence-electron chi connectivity index (χ4n) is 2.22. The maximum Gasteiger partial charge on any atom is 0.534 e. The van der Waals surface area contributed by atoms with E-state index in [9.17, 15) is 26.4 Å². The van der Waals surface area contributed by atoms with Gasteiger partial charge < -0.3 is 13.9 Å². The summed E-state index contributed by atoms with van der Waals surface area (Å²) in [5.41, 5.74) is -5.02. The van der Waals surface area contributed by atoms with Gasteiger partial charge in [0.05, 0.1) is 12.2 Å². The van der Waals surface area contributed by atoms with Crippen LogP contribution in [0.3, 0.4) is 0 Å². The smallest absolute Gasteiger partial charge is 0.469 e. The van der Waals surface area contributed by atoms with E-state index in [2.05, 4.69) is 9.50 Å². The first kappa shape index (κ1) is 20.8. The lowest BCUT2D eigenvalue weighted by atomic mass is 10.00. The zero-order valence-corrected chi connectivity index (χ0v) is 15.3. The molecule has 0 radical (unpaired) electrons. The minimum Gasteiger partial charge on any atom is -0.469 e. The average Bonchev–Trinajstić information content (AvgIpc) is 3.12. The normalized spacial score (nSPS) is 14.4. The van der Waals surface area contributed by atoms with E-state index in [0.29, 0.717) is 12.1 Å². The van der Waals surface area contributed by atoms with E-state index >= 15 is 0 Å². The maximum atomic E-state index is 12.3. The maximum absolute atomic E-state index is 12.3. The highest BCUT2D eigenvalue weighted by Crippen LogP contribution is 2.28. The van der Waals surface area contributed by atoms with Crippen molar-refractivity contribution in [1.82, 2.24) is 5.32 Å². The predicted molar refractivity (Wildman–Crippen MR) is 90.6 cm³/mol. The van der Waals surface area contributed by atoms with Gasteiger partial charge in [-0.2, -0.15) is 21.6 Å². The van der Waals surface area contributed by atoms with Crippen LogP contribution in [0.15, 0.2) is 47.1 Å². The number of furan rings is 1. The van der Waals surface area contributed by atoms with Gasteiger partial charge in [0.15, 0.2) is 0 Å². The largest absolute Gasteiger partial charge is 0.534 e. The van der Waals surface area contributed by atoms with Crippen molar-refractivity contribution in [1.29, 1.82) is 0 Å². The second-order valence-corrected chi connectivity index (χ2v) is 7.47. The van der Waals surface area contributed by atoms with Crippen LogP contribution >= 0.6 is 0 Å². The first-order chi connectivity index (χ1) is 12.5. The molecule has 0 aliphatic carbocycles. The molecule has 1 N–H and O–H groups in total. The zero-order chi connectivity index (χ0) is 20.2. The van der Waals surface area contributed by atoms with E-state index in [0.717, 1.165) is 17.9 Å². The van der Waals surface area contributed by atoms with Gasteiger partial charge in [-0.1, -0.05) is 19.1 Å². The molecular weight excluding hydrogens is 387 g/mol. The van der Waals surface area contributed by atoms with Crippen molar-refractivity contribution in [3.63, 3.8) is 0 Å². The van der Waals surface area contributed by atoms with Gasteiger partial charge in [0, 0.05) is 12.5 Å². The van der Waals surface area contributed by atoms with Crippen LogP contribution in [-0.4, -0.2) is 26.4 Å². The number of benzene rings is 1. The summed E-state index contributed by atoms with van der Waals surface area (Å²) in [5.74, 6) is -0.669.